The van der Waals surface area contributed by atoms with Gasteiger partial charge in [0, 0.05) is 57.1 Å². The van der Waals surface area contributed by atoms with Gasteiger partial charge in [0.2, 0.25) is 5.91 Å². The van der Waals surface area contributed by atoms with Crippen molar-refractivity contribution in [2.75, 3.05) is 56.2 Å². The molecule has 1 fully saturated rings. The molecule has 0 atom stereocenters. The largest absolute Gasteiger partial charge is 0.379 e. The second kappa shape index (κ2) is 14.9. The summed E-state index contributed by atoms with van der Waals surface area (Å²) in [7, 11) is 0. The van der Waals surface area contributed by atoms with Crippen LogP contribution in [0.2, 0.25) is 0 Å². The van der Waals surface area contributed by atoms with Crippen LogP contribution < -0.4 is 15.5 Å². The molecule has 2 aliphatic heterocycles. The summed E-state index contributed by atoms with van der Waals surface area (Å²) in [5.41, 5.74) is 4.88. The third-order valence-corrected chi connectivity index (χ3v) is 7.57. The van der Waals surface area contributed by atoms with E-state index in [0.717, 1.165) is 70.9 Å². The third-order valence-electron chi connectivity index (χ3n) is 7.57. The van der Waals surface area contributed by atoms with Gasteiger partial charge in [-0.05, 0) is 42.2 Å². The molecule has 0 aromatic heterocycles. The maximum atomic E-state index is 13.4. The van der Waals surface area contributed by atoms with E-state index in [9.17, 15) is 9.59 Å². The lowest BCUT2D eigenvalue weighted by molar-refractivity contribution is -0.116. The van der Waals surface area contributed by atoms with Crippen molar-refractivity contribution in [1.82, 2.24) is 10.2 Å². The van der Waals surface area contributed by atoms with Crippen molar-refractivity contribution in [2.45, 2.75) is 64.8 Å². The van der Waals surface area contributed by atoms with E-state index in [0.29, 0.717) is 24.2 Å². The number of fused-ring (bicyclic) bond motifs is 1. The van der Waals surface area contributed by atoms with Crippen LogP contribution in [0.3, 0.4) is 0 Å². The molecule has 0 spiro atoms. The summed E-state index contributed by atoms with van der Waals surface area (Å²) in [5, 5.41) is 6.16. The van der Waals surface area contributed by atoms with Crippen LogP contribution in [0.1, 0.15) is 73.4 Å². The Bertz CT molecular complexity index is 1050. The number of anilines is 2. The van der Waals surface area contributed by atoms with Crippen LogP contribution in [0.25, 0.3) is 0 Å². The fourth-order valence-electron chi connectivity index (χ4n) is 5.31. The smallest absolute Gasteiger partial charge is 0.253 e. The molecule has 0 unspecified atom stereocenters. The van der Waals surface area contributed by atoms with Gasteiger partial charge in [0.25, 0.3) is 5.91 Å². The van der Waals surface area contributed by atoms with E-state index in [4.69, 9.17) is 4.74 Å². The maximum Gasteiger partial charge on any atom is 0.253 e. The topological polar surface area (TPSA) is 73.9 Å². The van der Waals surface area contributed by atoms with E-state index >= 15 is 0 Å². The first-order valence-corrected chi connectivity index (χ1v) is 14.5. The van der Waals surface area contributed by atoms with Crippen molar-refractivity contribution in [3.05, 3.63) is 59.2 Å². The lowest BCUT2D eigenvalue weighted by Crippen LogP contribution is -2.41. The molecule has 0 aliphatic carbocycles. The second-order valence-corrected chi connectivity index (χ2v) is 10.4. The monoisotopic (exact) mass is 520 g/mol. The van der Waals surface area contributed by atoms with Gasteiger partial charge in [0.15, 0.2) is 0 Å². The van der Waals surface area contributed by atoms with Crippen molar-refractivity contribution >= 4 is 23.2 Å². The second-order valence-electron chi connectivity index (χ2n) is 10.4. The molecule has 38 heavy (non-hydrogen) atoms. The third kappa shape index (κ3) is 8.30. The number of nitrogens with one attached hydrogen (secondary N) is 2. The first kappa shape index (κ1) is 28.1. The lowest BCUT2D eigenvalue weighted by Gasteiger charge is -2.32. The SMILES string of the molecule is CCCCCCCCC(=O)Nc1ccc(N2CCc3ccccc3C2)c(C(=O)NCCN2CCOCC2)c1. The Morgan fingerprint density at radius 1 is 0.921 bits per heavy atom. The molecular weight excluding hydrogens is 476 g/mol. The number of carbonyl (C=O) groups excluding carboxylic acids is 2. The van der Waals surface area contributed by atoms with Gasteiger partial charge in [0.1, 0.15) is 0 Å². The number of carbonyl (C=O) groups is 2. The normalized spacial score (nSPS) is 15.7. The van der Waals surface area contributed by atoms with Crippen molar-refractivity contribution < 1.29 is 14.3 Å². The first-order chi connectivity index (χ1) is 18.6. The van der Waals surface area contributed by atoms with Crippen LogP contribution >= 0.6 is 0 Å². The molecule has 206 valence electrons. The summed E-state index contributed by atoms with van der Waals surface area (Å²) in [6.45, 7) is 8.50. The van der Waals surface area contributed by atoms with E-state index in [-0.39, 0.29) is 11.8 Å². The zero-order valence-corrected chi connectivity index (χ0v) is 23.0. The van der Waals surface area contributed by atoms with E-state index in [1.165, 1.54) is 36.8 Å². The van der Waals surface area contributed by atoms with Crippen LogP contribution in [-0.2, 0) is 22.5 Å². The Morgan fingerprint density at radius 3 is 2.50 bits per heavy atom. The number of rotatable bonds is 13. The highest BCUT2D eigenvalue weighted by atomic mass is 16.5. The lowest BCUT2D eigenvalue weighted by atomic mass is 9.98. The Hall–Kier alpha value is -2.90. The van der Waals surface area contributed by atoms with Crippen LogP contribution in [0.5, 0.6) is 0 Å². The van der Waals surface area contributed by atoms with Crippen LogP contribution in [0, 0.1) is 0 Å². The molecule has 2 heterocycles. The molecule has 2 aromatic carbocycles. The Morgan fingerprint density at radius 2 is 1.68 bits per heavy atom. The van der Waals surface area contributed by atoms with E-state index < -0.39 is 0 Å². The molecule has 1 saturated heterocycles. The standard InChI is InChI=1S/C31H44N4O3/c1-2-3-4-5-6-7-12-30(36)33-27-13-14-29(35-17-15-25-10-8-9-11-26(25)24-35)28(23-27)31(37)32-16-18-34-19-21-38-22-20-34/h8-11,13-14,23H,2-7,12,15-22,24H2,1H3,(H,32,37)(H,33,36). The van der Waals surface area contributed by atoms with Gasteiger partial charge in [-0.15, -0.1) is 0 Å². The Balaban J connectivity index is 1.41. The fourth-order valence-corrected chi connectivity index (χ4v) is 5.31. The van der Waals surface area contributed by atoms with Crippen molar-refractivity contribution in [3.63, 3.8) is 0 Å². The zero-order chi connectivity index (χ0) is 26.6. The first-order valence-electron chi connectivity index (χ1n) is 14.5. The van der Waals surface area contributed by atoms with E-state index in [1.54, 1.807) is 0 Å². The molecule has 7 heteroatoms. The minimum atomic E-state index is -0.0980. The van der Waals surface area contributed by atoms with Gasteiger partial charge in [-0.1, -0.05) is 63.3 Å². The number of amides is 2. The molecule has 7 nitrogen and oxygen atoms in total. The van der Waals surface area contributed by atoms with Gasteiger partial charge in [-0.25, -0.2) is 0 Å². The number of benzene rings is 2. The van der Waals surface area contributed by atoms with Gasteiger partial charge >= 0.3 is 0 Å². The zero-order valence-electron chi connectivity index (χ0n) is 23.0. The van der Waals surface area contributed by atoms with Gasteiger partial charge in [-0.3, -0.25) is 14.5 Å². The summed E-state index contributed by atoms with van der Waals surface area (Å²) in [6.07, 6.45) is 8.36. The molecule has 2 aliphatic rings. The van der Waals surface area contributed by atoms with Gasteiger partial charge < -0.3 is 20.3 Å². The minimum absolute atomic E-state index is 0.0128. The van der Waals surface area contributed by atoms with Gasteiger partial charge in [0.05, 0.1) is 18.8 Å². The number of hydrogen-bond acceptors (Lipinski definition) is 5. The maximum absolute atomic E-state index is 13.4. The minimum Gasteiger partial charge on any atom is -0.379 e. The van der Waals surface area contributed by atoms with Crippen LogP contribution in [0.15, 0.2) is 42.5 Å². The summed E-state index contributed by atoms with van der Waals surface area (Å²) in [4.78, 5) is 30.6. The Kier molecular flexibility index (Phi) is 11.0. The predicted octanol–water partition coefficient (Wildman–Crippen LogP) is 5.00. The van der Waals surface area contributed by atoms with Gasteiger partial charge in [-0.2, -0.15) is 0 Å². The van der Waals surface area contributed by atoms with Crippen molar-refractivity contribution in [3.8, 4) is 0 Å². The number of hydrogen-bond donors (Lipinski definition) is 2. The Labute approximate surface area is 227 Å². The fraction of sp³-hybridized carbons (Fsp3) is 0.548. The highest BCUT2D eigenvalue weighted by Gasteiger charge is 2.22. The molecule has 2 amide bonds. The summed E-state index contributed by atoms with van der Waals surface area (Å²) in [6, 6.07) is 14.3. The highest BCUT2D eigenvalue weighted by Crippen LogP contribution is 2.29. The molecule has 0 radical (unpaired) electrons. The van der Waals surface area contributed by atoms with Crippen molar-refractivity contribution in [2.24, 2.45) is 0 Å². The summed E-state index contributed by atoms with van der Waals surface area (Å²) in [5.74, 6) is -0.0852. The van der Waals surface area contributed by atoms with E-state index in [2.05, 4.69) is 51.6 Å². The quantitative estimate of drug-likeness (QED) is 0.364. The average molecular weight is 521 g/mol. The number of nitrogens with zero attached hydrogens (tertiary/aromatic N) is 2. The molecule has 4 rings (SSSR count). The van der Waals surface area contributed by atoms with Crippen LogP contribution in [0.4, 0.5) is 11.4 Å². The molecule has 0 saturated carbocycles. The molecule has 2 N–H and O–H groups in total. The molecule has 2 aromatic rings. The average Bonchev–Trinajstić information content (AvgIpc) is 2.95. The van der Waals surface area contributed by atoms with E-state index in [1.807, 2.05) is 18.2 Å². The summed E-state index contributed by atoms with van der Waals surface area (Å²) < 4.78 is 5.43. The van der Waals surface area contributed by atoms with Crippen LogP contribution in [-0.4, -0.2) is 62.7 Å². The predicted molar refractivity (Wildman–Crippen MR) is 154 cm³/mol. The number of ether oxygens (including phenoxy) is 1. The number of morpholine rings is 1. The highest BCUT2D eigenvalue weighted by molar-refractivity contribution is 6.02. The van der Waals surface area contributed by atoms with Crippen molar-refractivity contribution in [1.29, 1.82) is 0 Å². The molecule has 0 bridgehead atoms. The molecular formula is C31H44N4O3. The number of unbranched alkanes of at least 4 members (excludes halogenated alkanes) is 5. The summed E-state index contributed by atoms with van der Waals surface area (Å²) >= 11 is 0.